The Hall–Kier alpha value is -4.94. The van der Waals surface area contributed by atoms with Gasteiger partial charge in [-0.25, -0.2) is 4.39 Å². The normalized spacial score (nSPS) is 10.8. The fourth-order valence-electron chi connectivity index (χ4n) is 4.64. The van der Waals surface area contributed by atoms with Crippen molar-refractivity contribution in [2.75, 3.05) is 25.6 Å². The highest BCUT2D eigenvalue weighted by atomic mass is 35.5. The van der Waals surface area contributed by atoms with E-state index in [1.54, 1.807) is 55.9 Å². The zero-order valence-electron chi connectivity index (χ0n) is 24.6. The molecule has 0 bridgehead atoms. The van der Waals surface area contributed by atoms with Crippen LogP contribution in [0.1, 0.15) is 15.9 Å². The molecule has 1 amide bonds. The molecule has 0 aliphatic carbocycles. The van der Waals surface area contributed by atoms with Gasteiger partial charge in [0.05, 0.1) is 27.4 Å². The minimum absolute atomic E-state index is 0. The lowest BCUT2D eigenvalue weighted by atomic mass is 10.2. The van der Waals surface area contributed by atoms with Crippen molar-refractivity contribution in [1.82, 2.24) is 19.9 Å². The number of hydrogen-bond donors (Lipinski definition) is 2. The molecule has 4 aromatic heterocycles. The van der Waals surface area contributed by atoms with E-state index in [1.165, 1.54) is 34.1 Å². The van der Waals surface area contributed by atoms with Crippen LogP contribution in [0, 0.1) is 5.82 Å². The van der Waals surface area contributed by atoms with Gasteiger partial charge in [0.2, 0.25) is 0 Å². The molecule has 2 aromatic carbocycles. The molecule has 0 saturated carbocycles. The molecule has 0 fully saturated rings. The van der Waals surface area contributed by atoms with Gasteiger partial charge in [-0.1, -0.05) is 24.3 Å². The number of carbonyl (C=O) groups excluding carboxylic acids is 1. The summed E-state index contributed by atoms with van der Waals surface area (Å²) < 4.78 is 28.4. The molecule has 0 unspecified atom stereocenters. The zero-order chi connectivity index (χ0) is 31.2. The third-order valence-electron chi connectivity index (χ3n) is 6.90. The number of nitrogens with one attached hydrogen (secondary N) is 2. The number of rotatable bonds is 11. The summed E-state index contributed by atoms with van der Waals surface area (Å²) in [4.78, 5) is 35.9. The number of benzene rings is 2. The molecule has 0 radical (unpaired) electrons. The van der Waals surface area contributed by atoms with Crippen LogP contribution in [0.5, 0.6) is 11.5 Å². The van der Waals surface area contributed by atoms with Gasteiger partial charge in [-0.3, -0.25) is 24.1 Å². The van der Waals surface area contributed by atoms with E-state index in [0.717, 1.165) is 33.4 Å². The van der Waals surface area contributed by atoms with Gasteiger partial charge in [0.25, 0.3) is 11.5 Å². The average molecular weight is 658 g/mol. The molecule has 46 heavy (non-hydrogen) atoms. The second-order valence-electron chi connectivity index (χ2n) is 9.99. The van der Waals surface area contributed by atoms with Gasteiger partial charge in [-0.2, -0.15) is 0 Å². The van der Waals surface area contributed by atoms with Crippen LogP contribution >= 0.6 is 23.7 Å². The quantitative estimate of drug-likeness (QED) is 0.147. The maximum Gasteiger partial charge on any atom is 0.267 e. The van der Waals surface area contributed by atoms with Crippen molar-refractivity contribution < 1.29 is 18.7 Å². The molecule has 9 nitrogen and oxygen atoms in total. The second-order valence-corrected chi connectivity index (χ2v) is 11.0. The largest absolute Gasteiger partial charge is 0.453 e. The predicted octanol–water partition coefficient (Wildman–Crippen LogP) is 6.85. The van der Waals surface area contributed by atoms with Crippen LogP contribution in [0.15, 0.2) is 108 Å². The van der Waals surface area contributed by atoms with Crippen LogP contribution in [0.3, 0.4) is 0 Å². The monoisotopic (exact) mass is 657 g/mol. The molecule has 12 heteroatoms. The van der Waals surface area contributed by atoms with E-state index in [9.17, 15) is 9.59 Å². The van der Waals surface area contributed by atoms with Gasteiger partial charge < -0.3 is 20.1 Å². The van der Waals surface area contributed by atoms with E-state index in [4.69, 9.17) is 9.47 Å². The number of pyridine rings is 3. The van der Waals surface area contributed by atoms with E-state index in [-0.39, 0.29) is 29.4 Å². The van der Waals surface area contributed by atoms with Crippen molar-refractivity contribution in [3.8, 4) is 27.8 Å². The number of methoxy groups -OCH3 is 1. The smallest absolute Gasteiger partial charge is 0.267 e. The summed E-state index contributed by atoms with van der Waals surface area (Å²) in [6.45, 7) is 2.09. The van der Waals surface area contributed by atoms with E-state index in [1.807, 2.05) is 30.5 Å². The number of hydrogen-bond acceptors (Lipinski definition) is 8. The third-order valence-corrected chi connectivity index (χ3v) is 8.06. The standard InChI is InChI=1S/C34H28FN5O4S.ClH/c1-43-17-15-36-20-22-9-11-27(38-21-22)31-19-28-32(45-31)30(13-14-37-28)44-29-12-10-23(18-26(29)35)39-33(41)25-8-5-16-40(34(25)42)24-6-3-2-4-7-24;/h2-14,16,18-19,21,36H,15,17,20H2,1H3,(H,39,41);1H. The third kappa shape index (κ3) is 7.30. The van der Waals surface area contributed by atoms with Gasteiger partial charge >= 0.3 is 0 Å². The Morgan fingerprint density at radius 1 is 0.978 bits per heavy atom. The summed E-state index contributed by atoms with van der Waals surface area (Å²) >= 11 is 1.45. The van der Waals surface area contributed by atoms with E-state index < -0.39 is 17.3 Å². The summed E-state index contributed by atoms with van der Waals surface area (Å²) in [6.07, 6.45) is 5.02. The Balaban J connectivity index is 0.00000417. The SMILES string of the molecule is COCCNCc1ccc(-c2cc3nccc(Oc4ccc(NC(=O)c5cccn(-c6ccccc6)c5=O)cc4F)c3s2)nc1.Cl. The number of anilines is 1. The van der Waals surface area contributed by atoms with Gasteiger partial charge in [0.1, 0.15) is 11.3 Å². The number of thiophene rings is 1. The van der Waals surface area contributed by atoms with E-state index >= 15 is 4.39 Å². The van der Waals surface area contributed by atoms with Crippen LogP contribution < -0.4 is 20.9 Å². The van der Waals surface area contributed by atoms with Crippen LogP contribution in [0.2, 0.25) is 0 Å². The van der Waals surface area contributed by atoms with Crippen molar-refractivity contribution in [1.29, 1.82) is 0 Å². The number of nitrogens with zero attached hydrogens (tertiary/aromatic N) is 3. The molecule has 234 valence electrons. The molecule has 0 saturated heterocycles. The highest BCUT2D eigenvalue weighted by molar-refractivity contribution is 7.22. The summed E-state index contributed by atoms with van der Waals surface area (Å²) in [5.41, 5.74) is 2.81. The number of halogens is 2. The molecule has 6 aromatic rings. The van der Waals surface area contributed by atoms with Gasteiger partial charge in [0.15, 0.2) is 11.6 Å². The lowest BCUT2D eigenvalue weighted by molar-refractivity contribution is 0.102. The fraction of sp³-hybridized carbons (Fsp3) is 0.118. The Morgan fingerprint density at radius 3 is 2.59 bits per heavy atom. The lowest BCUT2D eigenvalue weighted by Crippen LogP contribution is -2.27. The number of amides is 1. The van der Waals surface area contributed by atoms with Crippen molar-refractivity contribution >= 4 is 45.6 Å². The summed E-state index contributed by atoms with van der Waals surface area (Å²) in [7, 11) is 1.67. The molecular weight excluding hydrogens is 629 g/mol. The molecule has 0 spiro atoms. The molecule has 0 aliphatic heterocycles. The van der Waals surface area contributed by atoms with E-state index in [0.29, 0.717) is 30.1 Å². The van der Waals surface area contributed by atoms with Gasteiger partial charge in [0, 0.05) is 62.3 Å². The maximum atomic E-state index is 15.2. The van der Waals surface area contributed by atoms with Gasteiger partial charge in [-0.05, 0) is 54.1 Å². The second kappa shape index (κ2) is 14.9. The van der Waals surface area contributed by atoms with Crippen LogP contribution in [-0.4, -0.2) is 40.7 Å². The number of ether oxygens (including phenoxy) is 2. The van der Waals surface area contributed by atoms with Crippen molar-refractivity contribution in [2.45, 2.75) is 6.54 Å². The van der Waals surface area contributed by atoms with Crippen LogP contribution in [0.25, 0.3) is 26.5 Å². The Morgan fingerprint density at radius 2 is 1.83 bits per heavy atom. The number of fused-ring (bicyclic) bond motifs is 1. The number of aromatic nitrogens is 3. The predicted molar refractivity (Wildman–Crippen MR) is 180 cm³/mol. The molecule has 4 heterocycles. The molecule has 0 atom stereocenters. The van der Waals surface area contributed by atoms with Crippen molar-refractivity contribution in [3.63, 3.8) is 0 Å². The average Bonchev–Trinajstić information content (AvgIpc) is 3.51. The minimum atomic E-state index is -0.680. The van der Waals surface area contributed by atoms with Crippen LogP contribution in [0.4, 0.5) is 10.1 Å². The van der Waals surface area contributed by atoms with E-state index in [2.05, 4.69) is 20.6 Å². The topological polar surface area (TPSA) is 107 Å². The first-order valence-electron chi connectivity index (χ1n) is 14.1. The fourth-order valence-corrected chi connectivity index (χ4v) is 5.68. The first-order chi connectivity index (χ1) is 22.0. The molecule has 0 aliphatic rings. The van der Waals surface area contributed by atoms with Crippen molar-refractivity contribution in [3.05, 3.63) is 131 Å². The van der Waals surface area contributed by atoms with Crippen molar-refractivity contribution in [2.24, 2.45) is 0 Å². The zero-order valence-corrected chi connectivity index (χ0v) is 26.2. The Labute approximate surface area is 274 Å². The Bertz CT molecular complexity index is 2020. The highest BCUT2D eigenvalue weighted by Gasteiger charge is 2.16. The Kier molecular flexibility index (Phi) is 10.5. The molecule has 2 N–H and O–H groups in total. The number of carbonyl (C=O) groups is 1. The highest BCUT2D eigenvalue weighted by Crippen LogP contribution is 2.39. The lowest BCUT2D eigenvalue weighted by Gasteiger charge is -2.11. The summed E-state index contributed by atoms with van der Waals surface area (Å²) in [5.74, 6) is -0.910. The first kappa shape index (κ1) is 32.5. The first-order valence-corrected chi connectivity index (χ1v) is 14.9. The summed E-state index contributed by atoms with van der Waals surface area (Å²) in [6, 6.07) is 23.7. The maximum absolute atomic E-state index is 15.2. The van der Waals surface area contributed by atoms with Crippen LogP contribution in [-0.2, 0) is 11.3 Å². The molecular formula is C34H29ClFN5O4S. The summed E-state index contributed by atoms with van der Waals surface area (Å²) in [5, 5.41) is 5.90. The molecule has 6 rings (SSSR count). The number of para-hydroxylation sites is 1. The minimum Gasteiger partial charge on any atom is -0.453 e. The van der Waals surface area contributed by atoms with Gasteiger partial charge in [-0.15, -0.1) is 23.7 Å².